The number of amides is 1. The molecule has 4 aliphatic carbocycles. The van der Waals surface area contributed by atoms with Crippen molar-refractivity contribution >= 4 is 17.2 Å². The summed E-state index contributed by atoms with van der Waals surface area (Å²) in [4.78, 5) is 16.4. The summed E-state index contributed by atoms with van der Waals surface area (Å²) in [5.41, 5.74) is 1.88. The zero-order valence-electron chi connectivity index (χ0n) is 15.7. The first kappa shape index (κ1) is 17.5. The highest BCUT2D eigenvalue weighted by Crippen LogP contribution is 2.67. The minimum atomic E-state index is 0.0401. The summed E-state index contributed by atoms with van der Waals surface area (Å²) in [6.45, 7) is 8.12. The van der Waals surface area contributed by atoms with Gasteiger partial charge in [-0.15, -0.1) is 11.3 Å². The van der Waals surface area contributed by atoms with Crippen molar-refractivity contribution in [1.82, 2.24) is 10.3 Å². The molecule has 5 rings (SSSR count). The largest absolute Gasteiger partial charge is 0.373 e. The van der Waals surface area contributed by atoms with E-state index in [2.05, 4.69) is 24.1 Å². The number of aryl methyl sites for hydroxylation is 1. The van der Waals surface area contributed by atoms with Crippen molar-refractivity contribution in [2.45, 2.75) is 71.3 Å². The topological polar surface area (TPSA) is 51.2 Å². The second kappa shape index (κ2) is 6.05. The lowest BCUT2D eigenvalue weighted by atomic mass is 9.43. The first-order chi connectivity index (χ1) is 11.8. The highest BCUT2D eigenvalue weighted by molar-refractivity contribution is 7.09. The number of nitrogens with one attached hydrogen (secondary N) is 1. The van der Waals surface area contributed by atoms with Crippen LogP contribution in [0.3, 0.4) is 0 Å². The zero-order chi connectivity index (χ0) is 17.7. The van der Waals surface area contributed by atoms with Crippen LogP contribution in [0.4, 0.5) is 0 Å². The Bertz CT molecular complexity index is 652. The average molecular weight is 363 g/mol. The average Bonchev–Trinajstić information content (AvgIpc) is 2.85. The fraction of sp³-hybridized carbons (Fsp3) is 0.800. The van der Waals surface area contributed by atoms with E-state index >= 15 is 0 Å². The summed E-state index contributed by atoms with van der Waals surface area (Å²) in [6.07, 6.45) is 8.15. The second-order valence-corrected chi connectivity index (χ2v) is 10.6. The standard InChI is InChI=1S/C20H30N2O2S/c1-14-22-16(10-25-14)6-17(23)21-4-5-24-20-9-15-7-18(2,12-20)11-19(3,8-15)13-20/h10,15H,4-9,11-13H2,1-3H3,(H,21,23)/t15?,18-,19-,20?/m1/s1. The molecule has 1 aromatic rings. The molecule has 4 fully saturated rings. The van der Waals surface area contributed by atoms with E-state index in [1.807, 2.05) is 12.3 Å². The molecule has 5 heteroatoms. The van der Waals surface area contributed by atoms with Gasteiger partial charge in [0.15, 0.2) is 0 Å². The van der Waals surface area contributed by atoms with Gasteiger partial charge >= 0.3 is 0 Å². The van der Waals surface area contributed by atoms with Crippen LogP contribution in [0.15, 0.2) is 5.38 Å². The van der Waals surface area contributed by atoms with Gasteiger partial charge in [0.2, 0.25) is 5.91 Å². The van der Waals surface area contributed by atoms with Crippen molar-refractivity contribution in [1.29, 1.82) is 0 Å². The molecule has 0 aliphatic heterocycles. The number of aromatic nitrogens is 1. The fourth-order valence-electron chi connectivity index (χ4n) is 6.68. The normalized spacial score (nSPS) is 38.9. The lowest BCUT2D eigenvalue weighted by molar-refractivity contribution is -0.213. The van der Waals surface area contributed by atoms with Crippen LogP contribution in [-0.4, -0.2) is 29.6 Å². The first-order valence-electron chi connectivity index (χ1n) is 9.59. The van der Waals surface area contributed by atoms with E-state index in [1.54, 1.807) is 11.3 Å². The molecule has 138 valence electrons. The van der Waals surface area contributed by atoms with Crippen LogP contribution >= 0.6 is 11.3 Å². The van der Waals surface area contributed by atoms with Gasteiger partial charge in [-0.2, -0.15) is 0 Å². The molecule has 1 heterocycles. The van der Waals surface area contributed by atoms with E-state index in [1.165, 1.54) is 38.5 Å². The van der Waals surface area contributed by atoms with Crippen molar-refractivity contribution in [3.05, 3.63) is 16.1 Å². The number of rotatable bonds is 6. The molecule has 4 bridgehead atoms. The third kappa shape index (κ3) is 3.63. The highest BCUT2D eigenvalue weighted by atomic mass is 32.1. The molecular formula is C20H30N2O2S. The number of hydrogen-bond donors (Lipinski definition) is 1. The monoisotopic (exact) mass is 362 g/mol. The predicted molar refractivity (Wildman–Crippen MR) is 99.7 cm³/mol. The summed E-state index contributed by atoms with van der Waals surface area (Å²) in [5, 5.41) is 5.96. The van der Waals surface area contributed by atoms with E-state index in [0.717, 1.165) is 16.6 Å². The lowest BCUT2D eigenvalue weighted by Crippen LogP contribution is -2.59. The second-order valence-electron chi connectivity index (χ2n) is 9.55. The van der Waals surface area contributed by atoms with Crippen LogP contribution in [0.25, 0.3) is 0 Å². The smallest absolute Gasteiger partial charge is 0.226 e. The number of carbonyl (C=O) groups is 1. The van der Waals surface area contributed by atoms with Crippen molar-refractivity contribution in [2.75, 3.05) is 13.2 Å². The Hall–Kier alpha value is -0.940. The fourth-order valence-corrected chi connectivity index (χ4v) is 7.29. The summed E-state index contributed by atoms with van der Waals surface area (Å²) in [7, 11) is 0. The third-order valence-electron chi connectivity index (χ3n) is 6.42. The Morgan fingerprint density at radius 1 is 1.28 bits per heavy atom. The van der Waals surface area contributed by atoms with Gasteiger partial charge in [0.25, 0.3) is 0 Å². The number of ether oxygens (including phenoxy) is 1. The molecule has 4 aliphatic rings. The van der Waals surface area contributed by atoms with Gasteiger partial charge < -0.3 is 10.1 Å². The van der Waals surface area contributed by atoms with Gasteiger partial charge in [-0.25, -0.2) is 4.98 Å². The molecule has 25 heavy (non-hydrogen) atoms. The molecule has 0 spiro atoms. The van der Waals surface area contributed by atoms with E-state index in [0.29, 0.717) is 30.4 Å². The third-order valence-corrected chi connectivity index (χ3v) is 7.24. The molecule has 1 N–H and O–H groups in total. The maximum atomic E-state index is 12.0. The minimum absolute atomic E-state index is 0.0401. The van der Waals surface area contributed by atoms with Gasteiger partial charge in [-0.05, 0) is 62.2 Å². The molecular weight excluding hydrogens is 332 g/mol. The van der Waals surface area contributed by atoms with E-state index in [4.69, 9.17) is 4.74 Å². The van der Waals surface area contributed by atoms with Crippen LogP contribution in [0.1, 0.15) is 63.1 Å². The SMILES string of the molecule is Cc1nc(CC(=O)NCCOC23CC4C[C@@](C)(C2)C[C@@](C)(C4)C3)cs1. The molecule has 4 saturated carbocycles. The van der Waals surface area contributed by atoms with Crippen LogP contribution in [-0.2, 0) is 16.0 Å². The summed E-state index contributed by atoms with van der Waals surface area (Å²) < 4.78 is 6.45. The molecule has 1 aromatic heterocycles. The van der Waals surface area contributed by atoms with Crippen LogP contribution in [0.5, 0.6) is 0 Å². The quantitative estimate of drug-likeness (QED) is 0.782. The molecule has 0 saturated heterocycles. The molecule has 0 unspecified atom stereocenters. The van der Waals surface area contributed by atoms with E-state index in [9.17, 15) is 4.79 Å². The molecule has 2 atom stereocenters. The number of nitrogens with zero attached hydrogens (tertiary/aromatic N) is 1. The Labute approximate surface area is 154 Å². The van der Waals surface area contributed by atoms with E-state index in [-0.39, 0.29) is 11.5 Å². The Balaban J connectivity index is 1.27. The summed E-state index contributed by atoms with van der Waals surface area (Å²) >= 11 is 1.59. The maximum absolute atomic E-state index is 12.0. The van der Waals surface area contributed by atoms with Crippen LogP contribution in [0.2, 0.25) is 0 Å². The van der Waals surface area contributed by atoms with E-state index < -0.39 is 0 Å². The number of hydrogen-bond acceptors (Lipinski definition) is 4. The van der Waals surface area contributed by atoms with Crippen molar-refractivity contribution < 1.29 is 9.53 Å². The lowest BCUT2D eigenvalue weighted by Gasteiger charge is -2.65. The van der Waals surface area contributed by atoms with Gasteiger partial charge in [-0.3, -0.25) is 4.79 Å². The van der Waals surface area contributed by atoms with Crippen molar-refractivity contribution in [3.63, 3.8) is 0 Å². The van der Waals surface area contributed by atoms with Gasteiger partial charge in [0.05, 0.1) is 29.3 Å². The van der Waals surface area contributed by atoms with Crippen LogP contribution in [0, 0.1) is 23.7 Å². The maximum Gasteiger partial charge on any atom is 0.226 e. The predicted octanol–water partition coefficient (Wildman–Crippen LogP) is 3.88. The number of carbonyl (C=O) groups excluding carboxylic acids is 1. The summed E-state index contributed by atoms with van der Waals surface area (Å²) in [5.74, 6) is 0.882. The zero-order valence-corrected chi connectivity index (χ0v) is 16.5. The summed E-state index contributed by atoms with van der Waals surface area (Å²) in [6, 6.07) is 0. The Kier molecular flexibility index (Phi) is 4.23. The molecule has 1 amide bonds. The van der Waals surface area contributed by atoms with Gasteiger partial charge in [0.1, 0.15) is 0 Å². The van der Waals surface area contributed by atoms with Gasteiger partial charge in [0, 0.05) is 11.9 Å². The molecule has 0 aromatic carbocycles. The first-order valence-corrected chi connectivity index (χ1v) is 10.5. The Morgan fingerprint density at radius 3 is 2.60 bits per heavy atom. The molecule has 0 radical (unpaired) electrons. The highest BCUT2D eigenvalue weighted by Gasteiger charge is 2.60. The molecule has 4 nitrogen and oxygen atoms in total. The van der Waals surface area contributed by atoms with Crippen LogP contribution < -0.4 is 5.32 Å². The minimum Gasteiger partial charge on any atom is -0.373 e. The van der Waals surface area contributed by atoms with Gasteiger partial charge in [-0.1, -0.05) is 13.8 Å². The van der Waals surface area contributed by atoms with Crippen molar-refractivity contribution in [2.24, 2.45) is 16.7 Å². The van der Waals surface area contributed by atoms with Crippen molar-refractivity contribution in [3.8, 4) is 0 Å². The number of thiazole rings is 1. The Morgan fingerprint density at radius 2 is 2.00 bits per heavy atom.